The minimum Gasteiger partial charge on any atom is -0.381 e. The van der Waals surface area contributed by atoms with E-state index in [9.17, 15) is 13.2 Å². The molecule has 0 aromatic heterocycles. The van der Waals surface area contributed by atoms with Crippen LogP contribution in [0.1, 0.15) is 23.2 Å². The molecule has 0 bridgehead atoms. The molecule has 3 rings (SSSR count). The minimum atomic E-state index is -3.55. The summed E-state index contributed by atoms with van der Waals surface area (Å²) in [5.41, 5.74) is 0.220. The monoisotopic (exact) mass is 255 g/mol. The van der Waals surface area contributed by atoms with E-state index in [0.29, 0.717) is 0 Å². The minimum absolute atomic E-state index is 0.0648. The molecule has 1 N–H and O–H groups in total. The second kappa shape index (κ2) is 4.85. The Labute approximate surface area is 99.8 Å². The van der Waals surface area contributed by atoms with Crippen LogP contribution in [-0.4, -0.2) is 27.5 Å². The second-order valence-electron chi connectivity index (χ2n) is 3.75. The molecule has 0 atom stereocenters. The van der Waals surface area contributed by atoms with Crippen LogP contribution >= 0.6 is 0 Å². The summed E-state index contributed by atoms with van der Waals surface area (Å²) in [7, 11) is -3.55. The number of hydrogen-bond acceptors (Lipinski definition) is 4. The number of nitrogens with one attached hydrogen (secondary N) is 1. The molecule has 0 unspecified atom stereocenters. The molecule has 2 aliphatic rings. The first-order valence-corrected chi connectivity index (χ1v) is 6.83. The lowest BCUT2D eigenvalue weighted by atomic mass is 10.2. The van der Waals surface area contributed by atoms with Crippen molar-refractivity contribution in [2.24, 2.45) is 0 Å². The summed E-state index contributed by atoms with van der Waals surface area (Å²) in [6.07, 6.45) is 2.56. The van der Waals surface area contributed by atoms with Crippen molar-refractivity contribution in [2.45, 2.75) is 17.7 Å². The molecule has 1 amide bonds. The Hall–Kier alpha value is -1.40. The van der Waals surface area contributed by atoms with Gasteiger partial charge in [0.1, 0.15) is 4.90 Å². The van der Waals surface area contributed by atoms with Crippen molar-refractivity contribution >= 4 is 15.9 Å². The molecule has 2 aliphatic heterocycles. The van der Waals surface area contributed by atoms with Crippen LogP contribution in [0.15, 0.2) is 29.2 Å². The highest BCUT2D eigenvalue weighted by Crippen LogP contribution is 2.20. The third-order valence-electron chi connectivity index (χ3n) is 2.48. The molecule has 5 nitrogen and oxygen atoms in total. The summed E-state index contributed by atoms with van der Waals surface area (Å²) in [6.45, 7) is 2.00. The van der Waals surface area contributed by atoms with E-state index in [0.717, 1.165) is 13.2 Å². The highest BCUT2D eigenvalue weighted by Gasteiger charge is 2.31. The van der Waals surface area contributed by atoms with Gasteiger partial charge in [0, 0.05) is 13.2 Å². The van der Waals surface area contributed by atoms with Gasteiger partial charge in [0.25, 0.3) is 15.9 Å². The van der Waals surface area contributed by atoms with E-state index in [-0.39, 0.29) is 10.5 Å². The molecule has 0 aliphatic carbocycles. The molecule has 2 heterocycles. The Morgan fingerprint density at radius 3 is 2.29 bits per heavy atom. The molecule has 0 spiro atoms. The number of benzene rings is 1. The summed E-state index contributed by atoms with van der Waals surface area (Å²) in [5, 5.41) is 0. The van der Waals surface area contributed by atoms with Crippen molar-refractivity contribution in [3.8, 4) is 0 Å². The normalized spacial score (nSPS) is 20.1. The number of rotatable bonds is 0. The summed E-state index contributed by atoms with van der Waals surface area (Å²) < 4.78 is 29.1. The molecule has 92 valence electrons. The highest BCUT2D eigenvalue weighted by molar-refractivity contribution is 7.90. The number of sulfonamides is 1. The smallest absolute Gasteiger partial charge is 0.266 e. The third-order valence-corrected chi connectivity index (χ3v) is 3.86. The maximum Gasteiger partial charge on any atom is 0.266 e. The van der Waals surface area contributed by atoms with E-state index in [1.807, 2.05) is 4.72 Å². The topological polar surface area (TPSA) is 72.5 Å². The first kappa shape index (κ1) is 12.1. The molecule has 1 aromatic carbocycles. The molecule has 6 heteroatoms. The van der Waals surface area contributed by atoms with E-state index in [1.54, 1.807) is 12.1 Å². The lowest BCUT2D eigenvalue weighted by Crippen LogP contribution is -2.20. The Morgan fingerprint density at radius 1 is 1.12 bits per heavy atom. The summed E-state index contributed by atoms with van der Waals surface area (Å²) in [4.78, 5) is 11.1. The van der Waals surface area contributed by atoms with Crippen LogP contribution in [-0.2, 0) is 14.8 Å². The predicted octanol–water partition coefficient (Wildman–Crippen LogP) is 0.915. The second-order valence-corrected chi connectivity index (χ2v) is 5.40. The highest BCUT2D eigenvalue weighted by atomic mass is 32.2. The Bertz CT molecular complexity index is 512. The van der Waals surface area contributed by atoms with Crippen LogP contribution in [0.25, 0.3) is 0 Å². The number of fused-ring (bicyclic) bond motifs is 1. The van der Waals surface area contributed by atoms with Gasteiger partial charge in [-0.2, -0.15) is 0 Å². The zero-order chi connectivity index (χ0) is 12.3. The number of hydrogen-bond donors (Lipinski definition) is 1. The zero-order valence-corrected chi connectivity index (χ0v) is 10.00. The van der Waals surface area contributed by atoms with Gasteiger partial charge in [-0.05, 0) is 25.0 Å². The number of carbonyl (C=O) groups is 1. The van der Waals surface area contributed by atoms with Crippen LogP contribution < -0.4 is 4.72 Å². The van der Waals surface area contributed by atoms with Gasteiger partial charge < -0.3 is 4.74 Å². The van der Waals surface area contributed by atoms with Crippen LogP contribution in [0.2, 0.25) is 0 Å². The molecule has 0 saturated carbocycles. The van der Waals surface area contributed by atoms with Crippen molar-refractivity contribution in [1.82, 2.24) is 4.72 Å². The van der Waals surface area contributed by atoms with E-state index >= 15 is 0 Å². The van der Waals surface area contributed by atoms with Gasteiger partial charge in [-0.15, -0.1) is 0 Å². The molecule has 1 aromatic rings. The summed E-state index contributed by atoms with van der Waals surface area (Å²) in [5.74, 6) is -0.550. The van der Waals surface area contributed by atoms with Gasteiger partial charge >= 0.3 is 0 Å². The van der Waals surface area contributed by atoms with Crippen molar-refractivity contribution in [2.75, 3.05) is 13.2 Å². The van der Waals surface area contributed by atoms with Crippen LogP contribution in [0, 0.1) is 0 Å². The van der Waals surface area contributed by atoms with E-state index in [4.69, 9.17) is 4.74 Å². The standard InChI is InChI=1S/C7H5NO3S.C4H8O/c9-7-5-3-1-2-4-6(5)12(10,11)8-7;1-2-4-5-3-1/h1-4H,(H,8,9);1-4H2. The summed E-state index contributed by atoms with van der Waals surface area (Å²) >= 11 is 0. The molecular weight excluding hydrogens is 242 g/mol. The van der Waals surface area contributed by atoms with E-state index < -0.39 is 15.9 Å². The fraction of sp³-hybridized carbons (Fsp3) is 0.364. The Morgan fingerprint density at radius 2 is 1.76 bits per heavy atom. The molecule has 1 saturated heterocycles. The van der Waals surface area contributed by atoms with Crippen LogP contribution in [0.4, 0.5) is 0 Å². The lowest BCUT2D eigenvalue weighted by molar-refractivity contribution is 0.0985. The lowest BCUT2D eigenvalue weighted by Gasteiger charge is -1.91. The average molecular weight is 255 g/mol. The van der Waals surface area contributed by atoms with Gasteiger partial charge in [0.05, 0.1) is 5.56 Å². The van der Waals surface area contributed by atoms with E-state index in [2.05, 4.69) is 0 Å². The first-order chi connectivity index (χ1) is 8.11. The molecular formula is C11H13NO4S. The number of amides is 1. The van der Waals surface area contributed by atoms with Crippen molar-refractivity contribution < 1.29 is 17.9 Å². The maximum atomic E-state index is 11.1. The van der Waals surface area contributed by atoms with Crippen molar-refractivity contribution in [1.29, 1.82) is 0 Å². The maximum absolute atomic E-state index is 11.1. The van der Waals surface area contributed by atoms with Crippen molar-refractivity contribution in [3.63, 3.8) is 0 Å². The van der Waals surface area contributed by atoms with Gasteiger partial charge in [-0.1, -0.05) is 12.1 Å². The van der Waals surface area contributed by atoms with Gasteiger partial charge in [-0.3, -0.25) is 4.79 Å². The van der Waals surface area contributed by atoms with Gasteiger partial charge in [0.2, 0.25) is 0 Å². The number of carbonyl (C=O) groups excluding carboxylic acids is 1. The molecule has 1 fully saturated rings. The van der Waals surface area contributed by atoms with Gasteiger partial charge in [0.15, 0.2) is 0 Å². The Kier molecular flexibility index (Phi) is 3.44. The van der Waals surface area contributed by atoms with Gasteiger partial charge in [-0.25, -0.2) is 13.1 Å². The molecule has 0 radical (unpaired) electrons. The van der Waals surface area contributed by atoms with Crippen molar-refractivity contribution in [3.05, 3.63) is 29.8 Å². The number of ether oxygens (including phenoxy) is 1. The Balaban J connectivity index is 0.000000181. The third kappa shape index (κ3) is 2.65. The molecule has 17 heavy (non-hydrogen) atoms. The summed E-state index contributed by atoms with van der Waals surface area (Å²) in [6, 6.07) is 6.09. The zero-order valence-electron chi connectivity index (χ0n) is 9.18. The largest absolute Gasteiger partial charge is 0.381 e. The van der Waals surface area contributed by atoms with E-state index in [1.165, 1.54) is 25.0 Å². The first-order valence-electron chi connectivity index (χ1n) is 5.35. The SMILES string of the molecule is C1CCOC1.O=C1NS(=O)(=O)c2ccccc21. The van der Waals surface area contributed by atoms with Crippen LogP contribution in [0.3, 0.4) is 0 Å². The fourth-order valence-corrected chi connectivity index (χ4v) is 2.80. The van der Waals surface area contributed by atoms with Crippen LogP contribution in [0.5, 0.6) is 0 Å². The average Bonchev–Trinajstić information content (AvgIpc) is 2.92. The predicted molar refractivity (Wildman–Crippen MR) is 61.1 cm³/mol. The quantitative estimate of drug-likeness (QED) is 0.748. The fourth-order valence-electron chi connectivity index (χ4n) is 1.63.